The standard InChI is InChI=1S/C20H22F3N5O/c1-20(22,23)13-8-6-12(7-9-13)16(11-4-5-11)28-17-15(14(10-21)26-28)18(29)25-19(24-17)27(2)3/h6-9,11,16H,4-5,10H2,1-3H3,(H,24,25,29). The van der Waals surface area contributed by atoms with E-state index in [0.717, 1.165) is 25.3 Å². The molecule has 4 rings (SSSR count). The van der Waals surface area contributed by atoms with Crippen LogP contribution in [0.15, 0.2) is 29.1 Å². The average molecular weight is 405 g/mol. The number of aromatic nitrogens is 4. The first-order valence-electron chi connectivity index (χ1n) is 9.43. The number of H-pyrrole nitrogens is 1. The predicted molar refractivity (Wildman–Crippen MR) is 104 cm³/mol. The van der Waals surface area contributed by atoms with Crippen LogP contribution in [0.5, 0.6) is 0 Å². The van der Waals surface area contributed by atoms with Crippen molar-refractivity contribution in [1.82, 2.24) is 19.7 Å². The van der Waals surface area contributed by atoms with Gasteiger partial charge >= 0.3 is 0 Å². The quantitative estimate of drug-likeness (QED) is 0.678. The summed E-state index contributed by atoms with van der Waals surface area (Å²) in [4.78, 5) is 21.4. The van der Waals surface area contributed by atoms with Crippen molar-refractivity contribution in [2.24, 2.45) is 5.92 Å². The summed E-state index contributed by atoms with van der Waals surface area (Å²) in [5, 5.41) is 4.50. The highest BCUT2D eigenvalue weighted by atomic mass is 19.3. The summed E-state index contributed by atoms with van der Waals surface area (Å²) < 4.78 is 42.4. The maximum atomic E-state index is 13.6. The van der Waals surface area contributed by atoms with Crippen LogP contribution in [0.2, 0.25) is 0 Å². The molecule has 6 nitrogen and oxygen atoms in total. The molecule has 0 aliphatic heterocycles. The van der Waals surface area contributed by atoms with Crippen molar-refractivity contribution in [2.75, 3.05) is 19.0 Å². The van der Waals surface area contributed by atoms with Gasteiger partial charge in [0.15, 0.2) is 5.65 Å². The molecule has 2 heterocycles. The molecule has 1 N–H and O–H groups in total. The van der Waals surface area contributed by atoms with Crippen molar-refractivity contribution < 1.29 is 13.2 Å². The predicted octanol–water partition coefficient (Wildman–Crippen LogP) is 3.77. The molecular weight excluding hydrogens is 383 g/mol. The molecule has 1 unspecified atom stereocenters. The van der Waals surface area contributed by atoms with Crippen LogP contribution < -0.4 is 10.5 Å². The third kappa shape index (κ3) is 3.49. The summed E-state index contributed by atoms with van der Waals surface area (Å²) in [6, 6.07) is 5.80. The first kappa shape index (κ1) is 19.5. The van der Waals surface area contributed by atoms with Gasteiger partial charge in [0.25, 0.3) is 11.5 Å². The minimum Gasteiger partial charge on any atom is -0.348 e. The van der Waals surface area contributed by atoms with Crippen molar-refractivity contribution in [3.63, 3.8) is 0 Å². The molecule has 0 saturated heterocycles. The van der Waals surface area contributed by atoms with Crippen molar-refractivity contribution in [1.29, 1.82) is 0 Å². The van der Waals surface area contributed by atoms with Crippen LogP contribution in [0.3, 0.4) is 0 Å². The number of rotatable bonds is 6. The lowest BCUT2D eigenvalue weighted by Crippen LogP contribution is -2.21. The van der Waals surface area contributed by atoms with Gasteiger partial charge in [0.2, 0.25) is 5.95 Å². The first-order valence-corrected chi connectivity index (χ1v) is 9.43. The lowest BCUT2D eigenvalue weighted by molar-refractivity contribution is 0.0174. The van der Waals surface area contributed by atoms with Crippen LogP contribution in [0.4, 0.5) is 19.1 Å². The second kappa shape index (κ2) is 6.89. The van der Waals surface area contributed by atoms with Gasteiger partial charge in [-0.05, 0) is 24.3 Å². The second-order valence-corrected chi connectivity index (χ2v) is 7.80. The van der Waals surface area contributed by atoms with Gasteiger partial charge in [0, 0.05) is 26.6 Å². The fourth-order valence-corrected chi connectivity index (χ4v) is 3.60. The number of halogens is 3. The number of nitrogens with one attached hydrogen (secondary N) is 1. The lowest BCUT2D eigenvalue weighted by Gasteiger charge is -2.20. The number of nitrogens with zero attached hydrogens (tertiary/aromatic N) is 4. The largest absolute Gasteiger partial charge is 0.348 e. The maximum Gasteiger partial charge on any atom is 0.270 e. The molecule has 0 amide bonds. The highest BCUT2D eigenvalue weighted by molar-refractivity contribution is 5.78. The second-order valence-electron chi connectivity index (χ2n) is 7.80. The summed E-state index contributed by atoms with van der Waals surface area (Å²) in [5.74, 6) is -2.37. The van der Waals surface area contributed by atoms with Gasteiger partial charge in [0.05, 0.1) is 6.04 Å². The van der Waals surface area contributed by atoms with E-state index in [9.17, 15) is 18.0 Å². The zero-order chi connectivity index (χ0) is 20.9. The highest BCUT2D eigenvalue weighted by Gasteiger charge is 2.37. The average Bonchev–Trinajstić information content (AvgIpc) is 3.42. The first-order chi connectivity index (χ1) is 13.7. The van der Waals surface area contributed by atoms with Gasteiger partial charge < -0.3 is 4.90 Å². The zero-order valence-electron chi connectivity index (χ0n) is 16.4. The SMILES string of the molecule is CN(C)c1nc2c(c(CF)nn2C(c2ccc(C(C)(F)F)cc2)C2CC2)c(=O)[nH]1. The fourth-order valence-electron chi connectivity index (χ4n) is 3.60. The third-order valence-corrected chi connectivity index (χ3v) is 5.26. The van der Waals surface area contributed by atoms with Crippen LogP contribution >= 0.6 is 0 Å². The van der Waals surface area contributed by atoms with Gasteiger partial charge in [-0.2, -0.15) is 10.1 Å². The van der Waals surface area contributed by atoms with E-state index in [2.05, 4.69) is 15.1 Å². The molecule has 2 aromatic heterocycles. The van der Waals surface area contributed by atoms with Gasteiger partial charge in [-0.1, -0.05) is 24.3 Å². The third-order valence-electron chi connectivity index (χ3n) is 5.26. The molecule has 154 valence electrons. The number of aromatic amines is 1. The van der Waals surface area contributed by atoms with E-state index >= 15 is 0 Å². The molecule has 9 heteroatoms. The van der Waals surface area contributed by atoms with E-state index in [1.807, 2.05) is 0 Å². The number of alkyl halides is 3. The number of anilines is 1. The van der Waals surface area contributed by atoms with E-state index in [0.29, 0.717) is 11.6 Å². The summed E-state index contributed by atoms with van der Waals surface area (Å²) in [6.07, 6.45) is 1.87. The number of fused-ring (bicyclic) bond motifs is 1. The topological polar surface area (TPSA) is 66.8 Å². The molecule has 1 atom stereocenters. The Kier molecular flexibility index (Phi) is 4.63. The van der Waals surface area contributed by atoms with Gasteiger partial charge in [-0.15, -0.1) is 0 Å². The molecular formula is C20H22F3N5O. The normalized spacial score (nSPS) is 15.7. The fraction of sp³-hybridized carbons (Fsp3) is 0.450. The van der Waals surface area contributed by atoms with Crippen molar-refractivity contribution in [3.8, 4) is 0 Å². The van der Waals surface area contributed by atoms with Gasteiger partial charge in [0.1, 0.15) is 17.8 Å². The number of hydrogen-bond acceptors (Lipinski definition) is 4. The molecule has 0 bridgehead atoms. The Morgan fingerprint density at radius 2 is 1.93 bits per heavy atom. The summed E-state index contributed by atoms with van der Waals surface area (Å²) in [7, 11) is 3.48. The van der Waals surface area contributed by atoms with Crippen LogP contribution in [-0.4, -0.2) is 33.8 Å². The Morgan fingerprint density at radius 1 is 1.28 bits per heavy atom. The Morgan fingerprint density at radius 3 is 2.45 bits per heavy atom. The van der Waals surface area contributed by atoms with E-state index in [-0.39, 0.29) is 28.6 Å². The van der Waals surface area contributed by atoms with E-state index < -0.39 is 18.2 Å². The molecule has 1 aliphatic rings. The minimum absolute atomic E-state index is 0.0291. The van der Waals surface area contributed by atoms with Crippen LogP contribution in [0, 0.1) is 5.92 Å². The van der Waals surface area contributed by atoms with Crippen molar-refractivity contribution in [3.05, 3.63) is 51.4 Å². The lowest BCUT2D eigenvalue weighted by atomic mass is 9.99. The number of hydrogen-bond donors (Lipinski definition) is 1. The Labute approximate surface area is 165 Å². The molecule has 3 aromatic rings. The van der Waals surface area contributed by atoms with Crippen LogP contribution in [0.25, 0.3) is 11.0 Å². The molecule has 0 spiro atoms. The molecule has 1 aliphatic carbocycles. The summed E-state index contributed by atoms with van der Waals surface area (Å²) in [6.45, 7) is -0.0398. The summed E-state index contributed by atoms with van der Waals surface area (Å²) >= 11 is 0. The van der Waals surface area contributed by atoms with Crippen LogP contribution in [0.1, 0.15) is 42.6 Å². The highest BCUT2D eigenvalue weighted by Crippen LogP contribution is 2.44. The number of benzene rings is 1. The molecule has 0 radical (unpaired) electrons. The van der Waals surface area contributed by atoms with Gasteiger partial charge in [-0.3, -0.25) is 9.78 Å². The van der Waals surface area contributed by atoms with Crippen molar-refractivity contribution >= 4 is 17.0 Å². The van der Waals surface area contributed by atoms with Crippen LogP contribution in [-0.2, 0) is 12.6 Å². The molecule has 1 saturated carbocycles. The Hall–Kier alpha value is -2.84. The van der Waals surface area contributed by atoms with Crippen molar-refractivity contribution in [2.45, 2.75) is 38.4 Å². The Bertz CT molecular complexity index is 1090. The minimum atomic E-state index is -2.93. The molecule has 29 heavy (non-hydrogen) atoms. The Balaban J connectivity index is 1.89. The summed E-state index contributed by atoms with van der Waals surface area (Å²) in [5.41, 5.74) is 0.584. The van der Waals surface area contributed by atoms with E-state index in [1.165, 1.54) is 12.1 Å². The van der Waals surface area contributed by atoms with Gasteiger partial charge in [-0.25, -0.2) is 17.9 Å². The maximum absolute atomic E-state index is 13.6. The monoisotopic (exact) mass is 405 g/mol. The molecule has 1 fully saturated rings. The smallest absolute Gasteiger partial charge is 0.270 e. The van der Waals surface area contributed by atoms with E-state index in [4.69, 9.17) is 0 Å². The van der Waals surface area contributed by atoms with E-state index in [1.54, 1.807) is 35.8 Å². The zero-order valence-corrected chi connectivity index (χ0v) is 16.4. The molecule has 1 aromatic carbocycles.